The van der Waals surface area contributed by atoms with Crippen LogP contribution < -0.4 is 10.1 Å². The topological polar surface area (TPSA) is 90.6 Å². The van der Waals surface area contributed by atoms with E-state index in [1.807, 2.05) is 74.0 Å². The molecule has 0 aliphatic carbocycles. The maximum absolute atomic E-state index is 6.02. The summed E-state index contributed by atoms with van der Waals surface area (Å²) in [5.41, 5.74) is 4.36. The lowest BCUT2D eigenvalue weighted by molar-refractivity contribution is 0.455. The quantitative estimate of drug-likeness (QED) is 0.376. The maximum Gasteiger partial charge on any atom is 0.246 e. The predicted molar refractivity (Wildman–Crippen MR) is 128 cm³/mol. The van der Waals surface area contributed by atoms with Crippen molar-refractivity contribution in [3.63, 3.8) is 0 Å². The number of aryl methyl sites for hydroxylation is 1. The third kappa shape index (κ3) is 4.50. The average molecular weight is 438 g/mol. The molecule has 0 saturated heterocycles. The number of nitrogens with one attached hydrogen (secondary N) is 1. The smallest absolute Gasteiger partial charge is 0.246 e. The normalized spacial score (nSPS) is 11.2. The molecule has 5 rings (SSSR count). The van der Waals surface area contributed by atoms with Gasteiger partial charge in [-0.05, 0) is 47.9 Å². The number of ether oxygens (including phenoxy) is 1. The third-order valence-electron chi connectivity index (χ3n) is 5.20. The Morgan fingerprint density at radius 2 is 1.79 bits per heavy atom. The Morgan fingerprint density at radius 1 is 0.939 bits per heavy atom. The highest BCUT2D eigenvalue weighted by atomic mass is 16.5. The summed E-state index contributed by atoms with van der Waals surface area (Å²) in [6.07, 6.45) is 5.50. The van der Waals surface area contributed by atoms with Gasteiger partial charge in [0.25, 0.3) is 0 Å². The first-order chi connectivity index (χ1) is 16.0. The average Bonchev–Trinajstić information content (AvgIpc) is 3.19. The first kappa shape index (κ1) is 20.6. The van der Waals surface area contributed by atoms with Crippen LogP contribution >= 0.6 is 0 Å². The Hall–Kier alpha value is -4.33. The monoisotopic (exact) mass is 437 g/mol. The summed E-state index contributed by atoms with van der Waals surface area (Å²) >= 11 is 0. The first-order valence-electron chi connectivity index (χ1n) is 10.7. The van der Waals surface area contributed by atoms with Crippen LogP contribution in [0, 0.1) is 0 Å². The zero-order valence-corrected chi connectivity index (χ0v) is 18.6. The Morgan fingerprint density at radius 3 is 2.61 bits per heavy atom. The molecule has 4 aromatic heterocycles. The molecule has 0 aliphatic heterocycles. The van der Waals surface area contributed by atoms with Crippen molar-refractivity contribution in [2.75, 3.05) is 5.32 Å². The number of aromatic nitrogens is 6. The molecule has 5 aromatic rings. The molecule has 4 heterocycles. The highest BCUT2D eigenvalue weighted by Crippen LogP contribution is 2.33. The van der Waals surface area contributed by atoms with Crippen molar-refractivity contribution in [1.29, 1.82) is 0 Å². The zero-order chi connectivity index (χ0) is 22.8. The predicted octanol–water partition coefficient (Wildman–Crippen LogP) is 5.48. The van der Waals surface area contributed by atoms with Crippen LogP contribution in [0.2, 0.25) is 0 Å². The van der Waals surface area contributed by atoms with Crippen LogP contribution in [-0.4, -0.2) is 29.9 Å². The number of pyridine rings is 2. The molecule has 164 valence electrons. The minimum absolute atomic E-state index is 0.365. The summed E-state index contributed by atoms with van der Waals surface area (Å²) in [5, 5.41) is 16.0. The molecule has 1 aromatic carbocycles. The van der Waals surface area contributed by atoms with Gasteiger partial charge >= 0.3 is 0 Å². The second-order valence-corrected chi connectivity index (χ2v) is 8.05. The van der Waals surface area contributed by atoms with Crippen molar-refractivity contribution in [3.05, 3.63) is 78.8 Å². The van der Waals surface area contributed by atoms with E-state index in [-0.39, 0.29) is 0 Å². The minimum Gasteiger partial charge on any atom is -0.437 e. The minimum atomic E-state index is 0.365. The SMILES string of the molecule is CC(C)c1cnnc(Nc2ccc3ncc(-c4cn(C)nc4Oc4ccccc4)cc3n2)c1. The van der Waals surface area contributed by atoms with Crippen LogP contribution in [0.3, 0.4) is 0 Å². The molecule has 0 bridgehead atoms. The summed E-state index contributed by atoms with van der Waals surface area (Å²) in [4.78, 5) is 9.33. The van der Waals surface area contributed by atoms with Gasteiger partial charge < -0.3 is 10.1 Å². The highest BCUT2D eigenvalue weighted by Gasteiger charge is 2.14. The van der Waals surface area contributed by atoms with Crippen molar-refractivity contribution in [3.8, 4) is 22.8 Å². The Kier molecular flexibility index (Phi) is 5.40. The lowest BCUT2D eigenvalue weighted by Crippen LogP contribution is -2.00. The largest absolute Gasteiger partial charge is 0.437 e. The molecule has 8 nitrogen and oxygen atoms in total. The van der Waals surface area contributed by atoms with Crippen molar-refractivity contribution >= 4 is 22.7 Å². The van der Waals surface area contributed by atoms with E-state index in [9.17, 15) is 0 Å². The van der Waals surface area contributed by atoms with Crippen LogP contribution in [0.15, 0.2) is 73.2 Å². The fraction of sp³-hybridized carbons (Fsp3) is 0.160. The number of anilines is 2. The van der Waals surface area contributed by atoms with Crippen LogP contribution in [-0.2, 0) is 7.05 Å². The molecular formula is C25H23N7O. The highest BCUT2D eigenvalue weighted by molar-refractivity contribution is 5.83. The van der Waals surface area contributed by atoms with Crippen LogP contribution in [0.5, 0.6) is 11.6 Å². The summed E-state index contributed by atoms with van der Waals surface area (Å²) in [5.74, 6) is 2.93. The van der Waals surface area contributed by atoms with Crippen LogP contribution in [0.25, 0.3) is 22.2 Å². The molecule has 0 amide bonds. The van der Waals surface area contributed by atoms with Gasteiger partial charge in [0, 0.05) is 25.0 Å². The van der Waals surface area contributed by atoms with Crippen molar-refractivity contribution in [1.82, 2.24) is 29.9 Å². The van der Waals surface area contributed by atoms with Gasteiger partial charge in [-0.25, -0.2) is 4.98 Å². The zero-order valence-electron chi connectivity index (χ0n) is 18.6. The van der Waals surface area contributed by atoms with Crippen LogP contribution in [0.1, 0.15) is 25.3 Å². The van der Waals surface area contributed by atoms with Gasteiger partial charge in [0.05, 0.1) is 22.8 Å². The van der Waals surface area contributed by atoms with Crippen molar-refractivity contribution in [2.45, 2.75) is 19.8 Å². The second kappa shape index (κ2) is 8.66. The molecule has 0 aliphatic rings. The van der Waals surface area contributed by atoms with E-state index >= 15 is 0 Å². The molecule has 0 fully saturated rings. The summed E-state index contributed by atoms with van der Waals surface area (Å²) < 4.78 is 7.75. The number of benzene rings is 1. The number of hydrogen-bond acceptors (Lipinski definition) is 7. The number of nitrogens with zero attached hydrogens (tertiary/aromatic N) is 6. The van der Waals surface area contributed by atoms with E-state index in [0.717, 1.165) is 33.5 Å². The van der Waals surface area contributed by atoms with E-state index < -0.39 is 0 Å². The van der Waals surface area contributed by atoms with E-state index in [0.29, 0.717) is 23.4 Å². The molecule has 33 heavy (non-hydrogen) atoms. The van der Waals surface area contributed by atoms with Gasteiger partial charge in [-0.15, -0.1) is 10.2 Å². The summed E-state index contributed by atoms with van der Waals surface area (Å²) in [6, 6.07) is 17.4. The molecule has 0 unspecified atom stereocenters. The maximum atomic E-state index is 6.02. The fourth-order valence-corrected chi connectivity index (χ4v) is 3.45. The molecule has 0 spiro atoms. The number of hydrogen-bond donors (Lipinski definition) is 1. The fourth-order valence-electron chi connectivity index (χ4n) is 3.45. The van der Waals surface area contributed by atoms with Gasteiger partial charge in [0.15, 0.2) is 5.82 Å². The second-order valence-electron chi connectivity index (χ2n) is 8.05. The molecule has 0 atom stereocenters. The molecule has 8 heteroatoms. The Labute approximate surface area is 191 Å². The molecule has 0 radical (unpaired) electrons. The first-order valence-corrected chi connectivity index (χ1v) is 10.7. The lowest BCUT2D eigenvalue weighted by Gasteiger charge is -2.09. The lowest BCUT2D eigenvalue weighted by atomic mass is 10.1. The molecule has 0 saturated carbocycles. The van der Waals surface area contributed by atoms with Gasteiger partial charge in [-0.2, -0.15) is 5.10 Å². The van der Waals surface area contributed by atoms with E-state index in [1.54, 1.807) is 10.9 Å². The van der Waals surface area contributed by atoms with E-state index in [1.165, 1.54) is 0 Å². The summed E-state index contributed by atoms with van der Waals surface area (Å²) in [6.45, 7) is 4.24. The third-order valence-corrected chi connectivity index (χ3v) is 5.20. The molecule has 1 N–H and O–H groups in total. The number of para-hydroxylation sites is 1. The summed E-state index contributed by atoms with van der Waals surface area (Å²) in [7, 11) is 1.86. The van der Waals surface area contributed by atoms with Gasteiger partial charge in [-0.1, -0.05) is 32.0 Å². The Bertz CT molecular complexity index is 1410. The van der Waals surface area contributed by atoms with Gasteiger partial charge in [0.2, 0.25) is 5.88 Å². The standard InChI is InChI=1S/C25H23N7O/c1-16(2)17-12-24(30-27-14-17)29-23-10-9-21-22(28-23)11-18(13-26-21)20-15-32(3)31-25(20)33-19-7-5-4-6-8-19/h4-16H,1-3H3,(H,28,29,30). The number of fused-ring (bicyclic) bond motifs is 1. The number of rotatable bonds is 6. The van der Waals surface area contributed by atoms with Gasteiger partial charge in [-0.3, -0.25) is 9.67 Å². The Balaban J connectivity index is 1.47. The van der Waals surface area contributed by atoms with Crippen molar-refractivity contribution < 1.29 is 4.74 Å². The van der Waals surface area contributed by atoms with E-state index in [4.69, 9.17) is 9.72 Å². The van der Waals surface area contributed by atoms with Crippen molar-refractivity contribution in [2.24, 2.45) is 7.05 Å². The van der Waals surface area contributed by atoms with Crippen LogP contribution in [0.4, 0.5) is 11.6 Å². The van der Waals surface area contributed by atoms with E-state index in [2.05, 4.69) is 39.4 Å². The molecular weight excluding hydrogens is 414 g/mol. The van der Waals surface area contributed by atoms with Gasteiger partial charge in [0.1, 0.15) is 11.6 Å².